The maximum absolute atomic E-state index is 12.7. The Kier molecular flexibility index (Phi) is 3.98. The van der Waals surface area contributed by atoms with E-state index >= 15 is 0 Å². The summed E-state index contributed by atoms with van der Waals surface area (Å²) in [6.45, 7) is 0. The summed E-state index contributed by atoms with van der Waals surface area (Å²) in [5.41, 5.74) is 6.29. The van der Waals surface area contributed by atoms with Gasteiger partial charge in [0.1, 0.15) is 5.82 Å². The molecule has 2 aromatic rings. The molecule has 0 aliphatic carbocycles. The Bertz CT molecular complexity index is 607. The number of aryl methyl sites for hydroxylation is 1. The first kappa shape index (κ1) is 14.7. The summed E-state index contributed by atoms with van der Waals surface area (Å²) >= 11 is 0. The molecule has 0 unspecified atom stereocenters. The summed E-state index contributed by atoms with van der Waals surface area (Å²) in [7, 11) is 1.73. The number of nitrogens with two attached hydrogens (primary N) is 1. The minimum Gasteiger partial charge on any atom is -0.475 e. The van der Waals surface area contributed by atoms with E-state index in [0.717, 1.165) is 5.39 Å². The number of benzene rings is 1. The van der Waals surface area contributed by atoms with Crippen molar-refractivity contribution in [2.24, 2.45) is 7.05 Å². The van der Waals surface area contributed by atoms with E-state index in [1.54, 1.807) is 17.8 Å². The molecule has 9 heteroatoms. The highest BCUT2D eigenvalue weighted by Crippen LogP contribution is 2.19. The summed E-state index contributed by atoms with van der Waals surface area (Å²) in [6, 6.07) is 4.42. The van der Waals surface area contributed by atoms with Gasteiger partial charge in [-0.3, -0.25) is 4.68 Å². The lowest BCUT2D eigenvalue weighted by atomic mass is 10.2. The van der Waals surface area contributed by atoms with E-state index in [9.17, 15) is 17.6 Å². The first-order chi connectivity index (χ1) is 8.62. The summed E-state index contributed by atoms with van der Waals surface area (Å²) in [4.78, 5) is 8.90. The molecule has 2 rings (SSSR count). The van der Waals surface area contributed by atoms with Crippen LogP contribution in [0.2, 0.25) is 0 Å². The molecule has 1 heterocycles. The van der Waals surface area contributed by atoms with Gasteiger partial charge in [0.25, 0.3) is 0 Å². The average molecular weight is 279 g/mol. The average Bonchev–Trinajstić information content (AvgIpc) is 2.54. The van der Waals surface area contributed by atoms with E-state index in [0.29, 0.717) is 11.3 Å². The summed E-state index contributed by atoms with van der Waals surface area (Å²) in [6.07, 6.45) is -5.08. The van der Waals surface area contributed by atoms with E-state index in [2.05, 4.69) is 5.10 Å². The Balaban J connectivity index is 0.000000224. The first-order valence-corrected chi connectivity index (χ1v) is 4.80. The van der Waals surface area contributed by atoms with Crippen LogP contribution in [-0.4, -0.2) is 27.0 Å². The highest BCUT2D eigenvalue weighted by molar-refractivity contribution is 5.88. The van der Waals surface area contributed by atoms with Crippen LogP contribution < -0.4 is 5.73 Å². The molecule has 1 aromatic carbocycles. The number of hydrogen-bond donors (Lipinski definition) is 2. The number of halogens is 4. The van der Waals surface area contributed by atoms with Crippen molar-refractivity contribution in [1.82, 2.24) is 9.78 Å². The van der Waals surface area contributed by atoms with Crippen LogP contribution in [0, 0.1) is 5.82 Å². The van der Waals surface area contributed by atoms with Crippen LogP contribution in [-0.2, 0) is 11.8 Å². The van der Waals surface area contributed by atoms with Crippen molar-refractivity contribution in [2.75, 3.05) is 5.73 Å². The number of aromatic nitrogens is 2. The lowest BCUT2D eigenvalue weighted by molar-refractivity contribution is -0.192. The third-order valence-corrected chi connectivity index (χ3v) is 2.08. The molecule has 0 fully saturated rings. The van der Waals surface area contributed by atoms with Crippen molar-refractivity contribution < 1.29 is 27.5 Å². The van der Waals surface area contributed by atoms with Crippen molar-refractivity contribution in [2.45, 2.75) is 6.18 Å². The Morgan fingerprint density at radius 2 is 1.95 bits per heavy atom. The van der Waals surface area contributed by atoms with Crippen LogP contribution in [0.25, 0.3) is 10.9 Å². The Morgan fingerprint density at radius 1 is 1.42 bits per heavy atom. The third-order valence-electron chi connectivity index (χ3n) is 2.08. The van der Waals surface area contributed by atoms with Crippen molar-refractivity contribution >= 4 is 22.7 Å². The molecule has 3 N–H and O–H groups in total. The van der Waals surface area contributed by atoms with Gasteiger partial charge in [-0.05, 0) is 18.2 Å². The van der Waals surface area contributed by atoms with Crippen LogP contribution in [0.1, 0.15) is 0 Å². The fourth-order valence-corrected chi connectivity index (χ4v) is 1.26. The van der Waals surface area contributed by atoms with Gasteiger partial charge in [0.15, 0.2) is 5.82 Å². The summed E-state index contributed by atoms with van der Waals surface area (Å²) in [5.74, 6) is -2.59. The van der Waals surface area contributed by atoms with E-state index in [4.69, 9.17) is 15.6 Å². The van der Waals surface area contributed by atoms with Crippen molar-refractivity contribution in [3.05, 3.63) is 24.0 Å². The number of carboxylic acid groups (broad SMARTS) is 1. The molecule has 0 atom stereocenters. The number of hydrogen-bond acceptors (Lipinski definition) is 3. The number of carboxylic acids is 1. The topological polar surface area (TPSA) is 81.1 Å². The maximum Gasteiger partial charge on any atom is 0.490 e. The predicted octanol–water partition coefficient (Wildman–Crippen LogP) is 1.93. The van der Waals surface area contributed by atoms with Crippen molar-refractivity contribution in [3.63, 3.8) is 0 Å². The minimum atomic E-state index is -5.08. The third kappa shape index (κ3) is 3.57. The molecule has 5 nitrogen and oxygen atoms in total. The lowest BCUT2D eigenvalue weighted by Crippen LogP contribution is -2.21. The van der Waals surface area contributed by atoms with E-state index in [1.165, 1.54) is 12.1 Å². The van der Waals surface area contributed by atoms with Gasteiger partial charge in [0, 0.05) is 12.4 Å². The van der Waals surface area contributed by atoms with Crippen LogP contribution >= 0.6 is 0 Å². The maximum atomic E-state index is 12.7. The second kappa shape index (κ2) is 5.12. The SMILES string of the molecule is Cn1nc(N)c2ccc(F)cc21.O=C(O)C(F)(F)F. The lowest BCUT2D eigenvalue weighted by Gasteiger charge is -1.93. The molecule has 1 aromatic heterocycles. The van der Waals surface area contributed by atoms with Gasteiger partial charge in [-0.2, -0.15) is 18.3 Å². The Labute approximate surface area is 104 Å². The molecule has 104 valence electrons. The van der Waals surface area contributed by atoms with Gasteiger partial charge in [-0.25, -0.2) is 9.18 Å². The van der Waals surface area contributed by atoms with Gasteiger partial charge >= 0.3 is 12.1 Å². The highest BCUT2D eigenvalue weighted by Gasteiger charge is 2.38. The molecule has 0 amide bonds. The molecule has 0 bridgehead atoms. The molecular formula is C10H9F4N3O2. The molecule has 0 aliphatic rings. The Hall–Kier alpha value is -2.32. The second-order valence-electron chi connectivity index (χ2n) is 3.47. The number of alkyl halides is 3. The largest absolute Gasteiger partial charge is 0.490 e. The van der Waals surface area contributed by atoms with Crippen LogP contribution in [0.5, 0.6) is 0 Å². The van der Waals surface area contributed by atoms with Gasteiger partial charge < -0.3 is 10.8 Å². The zero-order valence-corrected chi connectivity index (χ0v) is 9.57. The van der Waals surface area contributed by atoms with E-state index in [-0.39, 0.29) is 5.82 Å². The van der Waals surface area contributed by atoms with Gasteiger partial charge in [-0.15, -0.1) is 0 Å². The number of nitrogen functional groups attached to an aromatic ring is 1. The zero-order chi connectivity index (χ0) is 14.8. The molecular weight excluding hydrogens is 270 g/mol. The van der Waals surface area contributed by atoms with Crippen LogP contribution in [0.15, 0.2) is 18.2 Å². The molecule has 0 radical (unpaired) electrons. The highest BCUT2D eigenvalue weighted by atomic mass is 19.4. The summed E-state index contributed by atoms with van der Waals surface area (Å²) in [5, 5.41) is 11.9. The molecule has 0 saturated carbocycles. The number of carbonyl (C=O) groups is 1. The molecule has 0 aliphatic heterocycles. The quantitative estimate of drug-likeness (QED) is 0.722. The molecule has 0 spiro atoms. The second-order valence-corrected chi connectivity index (χ2v) is 3.47. The normalized spacial score (nSPS) is 11.0. The van der Waals surface area contributed by atoms with Gasteiger partial charge in [0.2, 0.25) is 0 Å². The Morgan fingerprint density at radius 3 is 2.42 bits per heavy atom. The van der Waals surface area contributed by atoms with Crippen LogP contribution in [0.4, 0.5) is 23.4 Å². The van der Waals surface area contributed by atoms with Gasteiger partial charge in [0.05, 0.1) is 5.52 Å². The number of aliphatic carboxylic acids is 1. The standard InChI is InChI=1S/C8H8FN3.C2HF3O2/c1-12-7-4-5(9)2-3-6(7)8(10)11-12;3-2(4,5)1(6)7/h2-4H,1H3,(H2,10,11);(H,6,7). The molecule has 19 heavy (non-hydrogen) atoms. The monoisotopic (exact) mass is 279 g/mol. The van der Waals surface area contributed by atoms with E-state index in [1.807, 2.05) is 0 Å². The number of rotatable bonds is 0. The van der Waals surface area contributed by atoms with Gasteiger partial charge in [-0.1, -0.05) is 0 Å². The van der Waals surface area contributed by atoms with Crippen molar-refractivity contribution in [3.8, 4) is 0 Å². The number of anilines is 1. The summed E-state index contributed by atoms with van der Waals surface area (Å²) < 4.78 is 46.0. The molecule has 0 saturated heterocycles. The smallest absolute Gasteiger partial charge is 0.475 e. The predicted molar refractivity (Wildman–Crippen MR) is 58.8 cm³/mol. The first-order valence-electron chi connectivity index (χ1n) is 4.80. The van der Waals surface area contributed by atoms with Crippen molar-refractivity contribution in [1.29, 1.82) is 0 Å². The van der Waals surface area contributed by atoms with Crippen LogP contribution in [0.3, 0.4) is 0 Å². The van der Waals surface area contributed by atoms with E-state index < -0.39 is 12.1 Å². The number of fused-ring (bicyclic) bond motifs is 1. The fourth-order valence-electron chi connectivity index (χ4n) is 1.26. The minimum absolute atomic E-state index is 0.273. The number of nitrogens with zero attached hydrogens (tertiary/aromatic N) is 2. The fraction of sp³-hybridized carbons (Fsp3) is 0.200. The zero-order valence-electron chi connectivity index (χ0n) is 9.57.